The van der Waals surface area contributed by atoms with Crippen LogP contribution in [0.25, 0.3) is 0 Å². The summed E-state index contributed by atoms with van der Waals surface area (Å²) in [5.41, 5.74) is 1.12. The number of aryl methyl sites for hydroxylation is 1. The Morgan fingerprint density at radius 2 is 2.11 bits per heavy atom. The Labute approximate surface area is 115 Å². The molecule has 4 heteroatoms. The summed E-state index contributed by atoms with van der Waals surface area (Å²) in [4.78, 5) is 1.36. The summed E-state index contributed by atoms with van der Waals surface area (Å²) in [5, 5.41) is 7.88. The molecule has 0 aliphatic heterocycles. The summed E-state index contributed by atoms with van der Waals surface area (Å²) in [6, 6.07) is 0.472. The van der Waals surface area contributed by atoms with Crippen molar-refractivity contribution in [2.45, 2.75) is 58.9 Å². The van der Waals surface area contributed by atoms with Crippen LogP contribution in [-0.4, -0.2) is 16.1 Å². The third-order valence-electron chi connectivity index (χ3n) is 4.31. The van der Waals surface area contributed by atoms with Crippen molar-refractivity contribution in [2.75, 3.05) is 6.54 Å². The first-order chi connectivity index (χ1) is 8.77. The Morgan fingerprint density at radius 3 is 2.72 bits per heavy atom. The highest BCUT2D eigenvalue weighted by Gasteiger charge is 2.33. The van der Waals surface area contributed by atoms with Crippen LogP contribution in [0.15, 0.2) is 0 Å². The molecule has 1 fully saturated rings. The molecule has 3 unspecified atom stereocenters. The lowest BCUT2D eigenvalue weighted by molar-refractivity contribution is 0.178. The van der Waals surface area contributed by atoms with E-state index in [0.717, 1.165) is 24.1 Å². The maximum Gasteiger partial charge on any atom is 0.0772 e. The van der Waals surface area contributed by atoms with Gasteiger partial charge in [-0.15, -0.1) is 5.10 Å². The molecule has 0 aromatic carbocycles. The van der Waals surface area contributed by atoms with Gasteiger partial charge in [0.1, 0.15) is 0 Å². The van der Waals surface area contributed by atoms with Crippen molar-refractivity contribution in [3.63, 3.8) is 0 Å². The maximum atomic E-state index is 4.19. The molecule has 1 aromatic heterocycles. The van der Waals surface area contributed by atoms with Gasteiger partial charge in [0.15, 0.2) is 0 Å². The minimum absolute atomic E-state index is 0.472. The van der Waals surface area contributed by atoms with Crippen LogP contribution >= 0.6 is 11.5 Å². The monoisotopic (exact) mass is 267 g/mol. The second kappa shape index (κ2) is 6.62. The van der Waals surface area contributed by atoms with E-state index in [1.807, 2.05) is 0 Å². The molecule has 3 atom stereocenters. The van der Waals surface area contributed by atoms with Crippen molar-refractivity contribution in [1.29, 1.82) is 0 Å². The van der Waals surface area contributed by atoms with Crippen molar-refractivity contribution in [2.24, 2.45) is 11.8 Å². The number of hydrogen-bond acceptors (Lipinski definition) is 4. The van der Waals surface area contributed by atoms with Crippen LogP contribution in [0, 0.1) is 18.8 Å². The van der Waals surface area contributed by atoms with E-state index in [9.17, 15) is 0 Å². The predicted octanol–water partition coefficient (Wildman–Crippen LogP) is 3.71. The fourth-order valence-electron chi connectivity index (χ4n) is 3.36. The summed E-state index contributed by atoms with van der Waals surface area (Å²) in [6.45, 7) is 7.65. The topological polar surface area (TPSA) is 37.8 Å². The SMILES string of the molecule is CCNC(c1snnc1C)C1CCCCC1CC. The van der Waals surface area contributed by atoms with Crippen LogP contribution in [0.5, 0.6) is 0 Å². The van der Waals surface area contributed by atoms with E-state index in [2.05, 4.69) is 35.7 Å². The molecule has 1 aromatic rings. The highest BCUT2D eigenvalue weighted by atomic mass is 32.1. The molecule has 3 nitrogen and oxygen atoms in total. The van der Waals surface area contributed by atoms with E-state index >= 15 is 0 Å². The van der Waals surface area contributed by atoms with Crippen molar-refractivity contribution >= 4 is 11.5 Å². The molecule has 0 saturated heterocycles. The van der Waals surface area contributed by atoms with E-state index in [1.54, 1.807) is 11.5 Å². The predicted molar refractivity (Wildman–Crippen MR) is 76.8 cm³/mol. The maximum absolute atomic E-state index is 4.19. The lowest BCUT2D eigenvalue weighted by Crippen LogP contribution is -2.34. The van der Waals surface area contributed by atoms with E-state index in [4.69, 9.17) is 0 Å². The number of hydrogen-bond donors (Lipinski definition) is 1. The molecule has 102 valence electrons. The standard InChI is InChI=1S/C14H25N3S/c1-4-11-8-6-7-9-12(11)13(15-5-2)14-10(3)16-17-18-14/h11-13,15H,4-9H2,1-3H3. The molecule has 1 saturated carbocycles. The Kier molecular flexibility index (Phi) is 5.13. The molecule has 1 aliphatic rings. The number of aromatic nitrogens is 2. The second-order valence-electron chi connectivity index (χ2n) is 5.37. The van der Waals surface area contributed by atoms with Gasteiger partial charge in [-0.05, 0) is 43.3 Å². The first-order valence-electron chi connectivity index (χ1n) is 7.30. The van der Waals surface area contributed by atoms with Gasteiger partial charge in [0.05, 0.1) is 10.6 Å². The van der Waals surface area contributed by atoms with Gasteiger partial charge in [0.25, 0.3) is 0 Å². The summed E-state index contributed by atoms with van der Waals surface area (Å²) in [5.74, 6) is 1.63. The lowest BCUT2D eigenvalue weighted by Gasteiger charge is -2.36. The average Bonchev–Trinajstić information content (AvgIpc) is 2.82. The van der Waals surface area contributed by atoms with Gasteiger partial charge in [-0.2, -0.15) is 0 Å². The van der Waals surface area contributed by atoms with Gasteiger partial charge < -0.3 is 5.32 Å². The Balaban J connectivity index is 2.20. The molecule has 1 N–H and O–H groups in total. The van der Waals surface area contributed by atoms with Crippen LogP contribution in [0.1, 0.15) is 62.6 Å². The highest BCUT2D eigenvalue weighted by molar-refractivity contribution is 7.05. The zero-order valence-electron chi connectivity index (χ0n) is 11.8. The largest absolute Gasteiger partial charge is 0.309 e. The molecule has 1 aliphatic carbocycles. The van der Waals surface area contributed by atoms with Crippen LogP contribution in [0.2, 0.25) is 0 Å². The zero-order valence-corrected chi connectivity index (χ0v) is 12.6. The lowest BCUT2D eigenvalue weighted by atomic mass is 9.73. The van der Waals surface area contributed by atoms with Crippen molar-refractivity contribution in [3.05, 3.63) is 10.6 Å². The normalized spacial score (nSPS) is 26.2. The molecular formula is C14H25N3S. The second-order valence-corrected chi connectivity index (χ2v) is 6.16. The quantitative estimate of drug-likeness (QED) is 0.883. The first kappa shape index (κ1) is 13.9. The molecule has 0 radical (unpaired) electrons. The number of nitrogens with one attached hydrogen (secondary N) is 1. The smallest absolute Gasteiger partial charge is 0.0772 e. The average molecular weight is 267 g/mol. The Morgan fingerprint density at radius 1 is 1.33 bits per heavy atom. The molecule has 1 heterocycles. The molecule has 18 heavy (non-hydrogen) atoms. The van der Waals surface area contributed by atoms with Gasteiger partial charge in [-0.25, -0.2) is 0 Å². The van der Waals surface area contributed by atoms with Gasteiger partial charge in [-0.3, -0.25) is 0 Å². The summed E-state index contributed by atoms with van der Waals surface area (Å²) in [6.07, 6.45) is 6.85. The third-order valence-corrected chi connectivity index (χ3v) is 5.22. The van der Waals surface area contributed by atoms with Gasteiger partial charge in [0, 0.05) is 6.04 Å². The van der Waals surface area contributed by atoms with Gasteiger partial charge in [0.2, 0.25) is 0 Å². The molecular weight excluding hydrogens is 242 g/mol. The van der Waals surface area contributed by atoms with Gasteiger partial charge in [-0.1, -0.05) is 44.0 Å². The number of rotatable bonds is 5. The summed E-state index contributed by atoms with van der Waals surface area (Å²) < 4.78 is 4.12. The fourth-order valence-corrected chi connectivity index (χ4v) is 4.16. The van der Waals surface area contributed by atoms with Crippen LogP contribution in [-0.2, 0) is 0 Å². The van der Waals surface area contributed by atoms with Gasteiger partial charge >= 0.3 is 0 Å². The van der Waals surface area contributed by atoms with Crippen LogP contribution in [0.3, 0.4) is 0 Å². The number of nitrogens with zero attached hydrogens (tertiary/aromatic N) is 2. The fraction of sp³-hybridized carbons (Fsp3) is 0.857. The van der Waals surface area contributed by atoms with Crippen molar-refractivity contribution < 1.29 is 0 Å². The van der Waals surface area contributed by atoms with Crippen LogP contribution < -0.4 is 5.32 Å². The Bertz CT molecular complexity index is 364. The summed E-state index contributed by atoms with van der Waals surface area (Å²) in [7, 11) is 0. The first-order valence-corrected chi connectivity index (χ1v) is 8.07. The molecule has 2 rings (SSSR count). The minimum Gasteiger partial charge on any atom is -0.309 e. The molecule has 0 spiro atoms. The van der Waals surface area contributed by atoms with Crippen molar-refractivity contribution in [1.82, 2.24) is 14.9 Å². The minimum atomic E-state index is 0.472. The summed E-state index contributed by atoms with van der Waals surface area (Å²) >= 11 is 1.58. The van der Waals surface area contributed by atoms with E-state index in [-0.39, 0.29) is 0 Å². The molecule has 0 bridgehead atoms. The van der Waals surface area contributed by atoms with Crippen LogP contribution in [0.4, 0.5) is 0 Å². The third kappa shape index (κ3) is 2.91. The molecule has 0 amide bonds. The highest BCUT2D eigenvalue weighted by Crippen LogP contribution is 2.41. The van der Waals surface area contributed by atoms with E-state index in [1.165, 1.54) is 37.0 Å². The Hall–Kier alpha value is -0.480. The zero-order chi connectivity index (χ0) is 13.0. The van der Waals surface area contributed by atoms with E-state index in [0.29, 0.717) is 6.04 Å². The van der Waals surface area contributed by atoms with Crippen molar-refractivity contribution in [3.8, 4) is 0 Å². The van der Waals surface area contributed by atoms with E-state index < -0.39 is 0 Å².